The van der Waals surface area contributed by atoms with Crippen LogP contribution >= 0.6 is 11.3 Å². The van der Waals surface area contributed by atoms with Crippen LogP contribution in [0.1, 0.15) is 5.56 Å². The quantitative estimate of drug-likeness (QED) is 0.468. The second-order valence-corrected chi connectivity index (χ2v) is 7.35. The molecule has 4 rings (SSSR count). The fourth-order valence-corrected chi connectivity index (χ4v) is 3.51. The van der Waals surface area contributed by atoms with Crippen LogP contribution < -0.4 is 4.74 Å². The number of rotatable bonds is 6. The maximum absolute atomic E-state index is 5.81. The summed E-state index contributed by atoms with van der Waals surface area (Å²) in [6.45, 7) is 4.08. The Morgan fingerprint density at radius 3 is 2.48 bits per heavy atom. The summed E-state index contributed by atoms with van der Waals surface area (Å²) in [5.41, 5.74) is 4.17. The number of methoxy groups -OCH3 is 1. The van der Waals surface area contributed by atoms with Gasteiger partial charge in [0.15, 0.2) is 0 Å². The molecule has 0 N–H and O–H groups in total. The van der Waals surface area contributed by atoms with E-state index in [1.165, 1.54) is 11.3 Å². The summed E-state index contributed by atoms with van der Waals surface area (Å²) in [5.74, 6) is 1.40. The largest absolute Gasteiger partial charge is 0.495 e. The molecular formula is C21H19N5O2S. The van der Waals surface area contributed by atoms with Crippen molar-refractivity contribution >= 4 is 17.0 Å². The van der Waals surface area contributed by atoms with Crippen LogP contribution in [0.25, 0.3) is 39.3 Å². The maximum Gasteiger partial charge on any atom is 0.268 e. The van der Waals surface area contributed by atoms with Crippen molar-refractivity contribution in [2.75, 3.05) is 21.2 Å². The van der Waals surface area contributed by atoms with Crippen molar-refractivity contribution < 1.29 is 9.15 Å². The smallest absolute Gasteiger partial charge is 0.268 e. The van der Waals surface area contributed by atoms with Gasteiger partial charge in [-0.2, -0.15) is 0 Å². The number of benzene rings is 1. The minimum atomic E-state index is 0.308. The lowest BCUT2D eigenvalue weighted by molar-refractivity contribution is 0.416. The molecule has 0 amide bonds. The normalized spacial score (nSPS) is 10.7. The Bertz CT molecular complexity index is 1150. The first kappa shape index (κ1) is 18.8. The highest BCUT2D eigenvalue weighted by molar-refractivity contribution is 7.13. The van der Waals surface area contributed by atoms with E-state index in [9.17, 15) is 0 Å². The molecule has 0 aliphatic rings. The molecular weight excluding hydrogens is 386 g/mol. The van der Waals surface area contributed by atoms with E-state index in [-0.39, 0.29) is 0 Å². The molecule has 0 fully saturated rings. The lowest BCUT2D eigenvalue weighted by Crippen LogP contribution is -2.08. The van der Waals surface area contributed by atoms with E-state index >= 15 is 0 Å². The molecule has 0 radical (unpaired) electrons. The van der Waals surface area contributed by atoms with Gasteiger partial charge in [-0.05, 0) is 17.0 Å². The zero-order valence-corrected chi connectivity index (χ0v) is 17.1. The van der Waals surface area contributed by atoms with E-state index in [1.807, 2.05) is 54.7 Å². The molecule has 7 nitrogen and oxygen atoms in total. The highest BCUT2D eigenvalue weighted by Crippen LogP contribution is 2.35. The lowest BCUT2D eigenvalue weighted by atomic mass is 10.1. The Morgan fingerprint density at radius 2 is 1.76 bits per heavy atom. The molecule has 0 atom stereocenters. The van der Waals surface area contributed by atoms with E-state index in [4.69, 9.17) is 9.15 Å². The van der Waals surface area contributed by atoms with E-state index < -0.39 is 0 Å². The van der Waals surface area contributed by atoms with Crippen molar-refractivity contribution in [1.82, 2.24) is 25.1 Å². The summed E-state index contributed by atoms with van der Waals surface area (Å²) in [4.78, 5) is 11.7. The van der Waals surface area contributed by atoms with E-state index in [0.717, 1.165) is 27.4 Å². The number of hydrogen-bond acceptors (Lipinski definition) is 8. The van der Waals surface area contributed by atoms with Gasteiger partial charge in [-0.1, -0.05) is 30.8 Å². The Hall–Kier alpha value is -3.52. The van der Waals surface area contributed by atoms with Crippen molar-refractivity contribution in [2.45, 2.75) is 0 Å². The standard InChI is InChI=1S/C21H19N5O2S/c1-13(26(2)3)14-5-7-15(8-6-14)16-11-22-12-17(23-16)20-24-25-21(28-20)19-18(27-4)9-10-29-19/h5-12H,1H2,2-4H3. The molecule has 0 saturated carbocycles. The average molecular weight is 405 g/mol. The molecule has 146 valence electrons. The number of thiophene rings is 1. The summed E-state index contributed by atoms with van der Waals surface area (Å²) < 4.78 is 11.1. The first-order valence-corrected chi connectivity index (χ1v) is 9.69. The fourth-order valence-electron chi connectivity index (χ4n) is 2.73. The third-order valence-corrected chi connectivity index (χ3v) is 5.26. The first-order valence-electron chi connectivity index (χ1n) is 8.81. The van der Waals surface area contributed by atoms with Crippen molar-refractivity contribution in [1.29, 1.82) is 0 Å². The topological polar surface area (TPSA) is 77.2 Å². The summed E-state index contributed by atoms with van der Waals surface area (Å²) in [6.07, 6.45) is 3.31. The predicted molar refractivity (Wildman–Crippen MR) is 113 cm³/mol. The molecule has 0 aliphatic carbocycles. The number of hydrogen-bond donors (Lipinski definition) is 0. The Labute approximate surface area is 172 Å². The second kappa shape index (κ2) is 7.84. The third kappa shape index (κ3) is 3.74. The summed E-state index contributed by atoms with van der Waals surface area (Å²) in [7, 11) is 5.54. The van der Waals surface area contributed by atoms with Crippen LogP contribution in [0.3, 0.4) is 0 Å². The van der Waals surface area contributed by atoms with Gasteiger partial charge in [0.2, 0.25) is 0 Å². The molecule has 4 aromatic rings. The van der Waals surface area contributed by atoms with Gasteiger partial charge in [0.05, 0.1) is 25.2 Å². The van der Waals surface area contributed by atoms with Crippen LogP contribution in [0.15, 0.2) is 59.1 Å². The van der Waals surface area contributed by atoms with Crippen LogP contribution in [0, 0.1) is 0 Å². The van der Waals surface area contributed by atoms with Gasteiger partial charge in [0.1, 0.15) is 16.3 Å². The molecule has 0 saturated heterocycles. The Balaban J connectivity index is 1.62. The average Bonchev–Trinajstić information content (AvgIpc) is 3.42. The maximum atomic E-state index is 5.81. The molecule has 0 unspecified atom stereocenters. The van der Waals surface area contributed by atoms with E-state index in [1.54, 1.807) is 19.5 Å². The molecule has 8 heteroatoms. The third-order valence-electron chi connectivity index (χ3n) is 4.38. The van der Waals surface area contributed by atoms with Crippen LogP contribution in [-0.4, -0.2) is 46.3 Å². The molecule has 0 bridgehead atoms. The van der Waals surface area contributed by atoms with Crippen LogP contribution in [-0.2, 0) is 0 Å². The molecule has 3 aromatic heterocycles. The van der Waals surface area contributed by atoms with Crippen LogP contribution in [0.2, 0.25) is 0 Å². The van der Waals surface area contributed by atoms with E-state index in [2.05, 4.69) is 26.7 Å². The van der Waals surface area contributed by atoms with E-state index in [0.29, 0.717) is 23.2 Å². The fraction of sp³-hybridized carbons (Fsp3) is 0.143. The van der Waals surface area contributed by atoms with Gasteiger partial charge in [-0.15, -0.1) is 21.5 Å². The molecule has 0 aliphatic heterocycles. The molecule has 1 aromatic carbocycles. The van der Waals surface area contributed by atoms with Gasteiger partial charge in [-0.3, -0.25) is 4.98 Å². The summed E-state index contributed by atoms with van der Waals surface area (Å²) >= 11 is 1.47. The number of nitrogens with zero attached hydrogens (tertiary/aromatic N) is 5. The van der Waals surface area contributed by atoms with Gasteiger partial charge in [0, 0.05) is 25.4 Å². The molecule has 3 heterocycles. The van der Waals surface area contributed by atoms with Crippen molar-refractivity contribution in [3.05, 3.63) is 60.2 Å². The number of ether oxygens (including phenoxy) is 1. The van der Waals surface area contributed by atoms with Crippen molar-refractivity contribution in [3.63, 3.8) is 0 Å². The first-order chi connectivity index (χ1) is 14.1. The Morgan fingerprint density at radius 1 is 1.03 bits per heavy atom. The number of aromatic nitrogens is 4. The zero-order valence-electron chi connectivity index (χ0n) is 16.3. The molecule has 29 heavy (non-hydrogen) atoms. The minimum Gasteiger partial charge on any atom is -0.495 e. The summed E-state index contributed by atoms with van der Waals surface area (Å²) in [6, 6.07) is 9.87. The van der Waals surface area contributed by atoms with Crippen molar-refractivity contribution in [2.24, 2.45) is 0 Å². The highest BCUT2D eigenvalue weighted by atomic mass is 32.1. The minimum absolute atomic E-state index is 0.308. The van der Waals surface area contributed by atoms with Gasteiger partial charge in [-0.25, -0.2) is 4.98 Å². The molecule has 0 spiro atoms. The predicted octanol–water partition coefficient (Wildman–Crippen LogP) is 4.46. The SMILES string of the molecule is C=C(c1ccc(-c2cncc(-c3nnc(-c4sccc4OC)o3)n2)cc1)N(C)C. The lowest BCUT2D eigenvalue weighted by Gasteiger charge is -2.15. The monoisotopic (exact) mass is 405 g/mol. The highest BCUT2D eigenvalue weighted by Gasteiger charge is 2.17. The van der Waals surface area contributed by atoms with Gasteiger partial charge >= 0.3 is 0 Å². The van der Waals surface area contributed by atoms with Gasteiger partial charge < -0.3 is 14.1 Å². The van der Waals surface area contributed by atoms with Crippen molar-refractivity contribution in [3.8, 4) is 39.4 Å². The second-order valence-electron chi connectivity index (χ2n) is 6.44. The summed E-state index contributed by atoms with van der Waals surface area (Å²) in [5, 5.41) is 10.2. The van der Waals surface area contributed by atoms with Gasteiger partial charge in [0.25, 0.3) is 11.8 Å². The zero-order chi connectivity index (χ0) is 20.4. The Kier molecular flexibility index (Phi) is 5.09. The van der Waals surface area contributed by atoms with Crippen LogP contribution in [0.5, 0.6) is 5.75 Å². The van der Waals surface area contributed by atoms with Crippen LogP contribution in [0.4, 0.5) is 0 Å².